The van der Waals surface area contributed by atoms with E-state index in [1.54, 1.807) is 4.68 Å². The van der Waals surface area contributed by atoms with Crippen molar-refractivity contribution in [3.05, 3.63) is 53.3 Å². The van der Waals surface area contributed by atoms with Crippen molar-refractivity contribution in [1.29, 1.82) is 0 Å². The Morgan fingerprint density at radius 1 is 1.35 bits per heavy atom. The van der Waals surface area contributed by atoms with Crippen LogP contribution >= 0.6 is 0 Å². The number of nitrogens with two attached hydrogens (primary N) is 1. The molecule has 1 atom stereocenters. The first kappa shape index (κ1) is 14.5. The maximum atomic E-state index is 12.1. The molecule has 1 heterocycles. The second-order valence-electron chi connectivity index (χ2n) is 5.04. The highest BCUT2D eigenvalue weighted by Crippen LogP contribution is 2.15. The molecule has 1 aromatic heterocycles. The molecule has 0 amide bonds. The highest BCUT2D eigenvalue weighted by atomic mass is 16.1. The maximum Gasteiger partial charge on any atom is 0.140 e. The molecule has 0 saturated heterocycles. The summed E-state index contributed by atoms with van der Waals surface area (Å²) in [6.45, 7) is 2.05. The van der Waals surface area contributed by atoms with Crippen molar-refractivity contribution in [1.82, 2.24) is 9.78 Å². The Labute approximate surface area is 119 Å². The molecular formula is C16H21N3O. The largest absolute Gasteiger partial charge is 0.324 e. The molecule has 0 saturated carbocycles. The van der Waals surface area contributed by atoms with E-state index in [9.17, 15) is 4.79 Å². The van der Waals surface area contributed by atoms with E-state index in [1.807, 2.05) is 43.4 Å². The van der Waals surface area contributed by atoms with Crippen molar-refractivity contribution in [2.45, 2.75) is 32.2 Å². The molecule has 2 N–H and O–H groups in total. The van der Waals surface area contributed by atoms with Gasteiger partial charge in [0.2, 0.25) is 0 Å². The highest BCUT2D eigenvalue weighted by Gasteiger charge is 2.14. The summed E-state index contributed by atoms with van der Waals surface area (Å²) in [6, 6.07) is 11.5. The van der Waals surface area contributed by atoms with Gasteiger partial charge in [-0.25, -0.2) is 0 Å². The van der Waals surface area contributed by atoms with Gasteiger partial charge >= 0.3 is 0 Å². The molecule has 2 aromatic rings. The first-order valence-corrected chi connectivity index (χ1v) is 6.94. The van der Waals surface area contributed by atoms with Crippen LogP contribution in [0.25, 0.3) is 0 Å². The van der Waals surface area contributed by atoms with Gasteiger partial charge in [-0.1, -0.05) is 37.3 Å². The van der Waals surface area contributed by atoms with E-state index in [1.165, 1.54) is 0 Å². The smallest absolute Gasteiger partial charge is 0.140 e. The number of Topliss-reactive ketones (excluding diaryl/α,β-unsaturated/α-hetero) is 1. The first-order chi connectivity index (χ1) is 9.60. The van der Waals surface area contributed by atoms with E-state index in [0.717, 1.165) is 23.4 Å². The minimum absolute atomic E-state index is 0.145. The van der Waals surface area contributed by atoms with E-state index in [0.29, 0.717) is 12.8 Å². The number of benzene rings is 1. The number of rotatable bonds is 6. The van der Waals surface area contributed by atoms with E-state index in [4.69, 9.17) is 5.73 Å². The van der Waals surface area contributed by atoms with Crippen molar-refractivity contribution < 1.29 is 4.79 Å². The fourth-order valence-electron chi connectivity index (χ4n) is 2.25. The van der Waals surface area contributed by atoms with Gasteiger partial charge in [0.15, 0.2) is 0 Å². The summed E-state index contributed by atoms with van der Waals surface area (Å²) in [6.07, 6.45) is 1.63. The monoisotopic (exact) mass is 271 g/mol. The molecule has 4 nitrogen and oxygen atoms in total. The molecule has 2 rings (SSSR count). The van der Waals surface area contributed by atoms with Crippen LogP contribution < -0.4 is 5.73 Å². The van der Waals surface area contributed by atoms with E-state index in [2.05, 4.69) is 12.0 Å². The Kier molecular flexibility index (Phi) is 4.69. The Hall–Kier alpha value is -1.94. The Morgan fingerprint density at radius 2 is 2.05 bits per heavy atom. The number of carbonyl (C=O) groups excluding carboxylic acids is 1. The summed E-state index contributed by atoms with van der Waals surface area (Å²) in [4.78, 5) is 12.1. The lowest BCUT2D eigenvalue weighted by atomic mass is 10.0. The molecule has 0 aliphatic rings. The van der Waals surface area contributed by atoms with Gasteiger partial charge in [0.1, 0.15) is 5.78 Å². The van der Waals surface area contributed by atoms with Crippen LogP contribution in [-0.2, 0) is 24.7 Å². The van der Waals surface area contributed by atoms with Crippen LogP contribution in [0, 0.1) is 0 Å². The first-order valence-electron chi connectivity index (χ1n) is 6.94. The molecule has 1 unspecified atom stereocenters. The van der Waals surface area contributed by atoms with Gasteiger partial charge in [-0.05, 0) is 18.1 Å². The van der Waals surface area contributed by atoms with Crippen LogP contribution in [0.2, 0.25) is 0 Å². The van der Waals surface area contributed by atoms with Crippen molar-refractivity contribution in [3.8, 4) is 0 Å². The highest BCUT2D eigenvalue weighted by molar-refractivity contribution is 5.81. The third-order valence-corrected chi connectivity index (χ3v) is 3.44. The minimum atomic E-state index is -0.234. The number of nitrogens with zero attached hydrogens (tertiary/aromatic N) is 2. The Morgan fingerprint density at radius 3 is 2.65 bits per heavy atom. The quantitative estimate of drug-likeness (QED) is 0.876. The topological polar surface area (TPSA) is 60.9 Å². The predicted octanol–water partition coefficient (Wildman–Crippen LogP) is 2.18. The molecule has 4 heteroatoms. The second kappa shape index (κ2) is 6.48. The molecule has 0 radical (unpaired) electrons. The molecule has 1 aromatic carbocycles. The number of aryl methyl sites for hydroxylation is 2. The number of carbonyl (C=O) groups is 1. The molecule has 0 bridgehead atoms. The SMILES string of the molecule is CCc1cc(CC(=O)CC(N)c2ccccc2)n(C)n1. The zero-order chi connectivity index (χ0) is 14.5. The second-order valence-corrected chi connectivity index (χ2v) is 5.04. The summed E-state index contributed by atoms with van der Waals surface area (Å²) >= 11 is 0. The maximum absolute atomic E-state index is 12.1. The van der Waals surface area contributed by atoms with Crippen LogP contribution in [0.3, 0.4) is 0 Å². The Balaban J connectivity index is 1.97. The molecule has 0 aliphatic carbocycles. The fourth-order valence-corrected chi connectivity index (χ4v) is 2.25. The van der Waals surface area contributed by atoms with E-state index < -0.39 is 0 Å². The summed E-state index contributed by atoms with van der Waals surface area (Å²) in [5.74, 6) is 0.145. The van der Waals surface area contributed by atoms with Gasteiger partial charge in [-0.3, -0.25) is 9.48 Å². The van der Waals surface area contributed by atoms with Crippen LogP contribution in [0.5, 0.6) is 0 Å². The molecule has 106 valence electrons. The standard InChI is InChI=1S/C16H21N3O/c1-3-13-9-14(19(2)18-13)10-15(20)11-16(17)12-7-5-4-6-8-12/h4-9,16H,3,10-11,17H2,1-2H3. The molecular weight excluding hydrogens is 250 g/mol. The van der Waals surface area contributed by atoms with Crippen LogP contribution in [0.15, 0.2) is 36.4 Å². The Bertz CT molecular complexity index is 575. The van der Waals surface area contributed by atoms with Gasteiger partial charge in [0.05, 0.1) is 5.69 Å². The zero-order valence-electron chi connectivity index (χ0n) is 12.0. The van der Waals surface area contributed by atoms with Gasteiger partial charge in [-0.2, -0.15) is 5.10 Å². The average molecular weight is 271 g/mol. The van der Waals surface area contributed by atoms with Gasteiger partial charge in [0, 0.05) is 31.6 Å². The normalized spacial score (nSPS) is 12.3. The number of ketones is 1. The summed E-state index contributed by atoms with van der Waals surface area (Å²) in [5, 5.41) is 4.35. The van der Waals surface area contributed by atoms with Crippen LogP contribution in [0.1, 0.15) is 36.3 Å². The predicted molar refractivity (Wildman–Crippen MR) is 79.3 cm³/mol. The van der Waals surface area contributed by atoms with E-state index >= 15 is 0 Å². The van der Waals surface area contributed by atoms with Crippen LogP contribution in [-0.4, -0.2) is 15.6 Å². The number of aromatic nitrogens is 2. The van der Waals surface area contributed by atoms with Crippen molar-refractivity contribution in [2.24, 2.45) is 12.8 Å². The molecule has 20 heavy (non-hydrogen) atoms. The lowest BCUT2D eigenvalue weighted by Crippen LogP contribution is -2.17. The molecule has 0 aliphatic heterocycles. The molecule has 0 spiro atoms. The number of hydrogen-bond donors (Lipinski definition) is 1. The van der Waals surface area contributed by atoms with Crippen molar-refractivity contribution in [2.75, 3.05) is 0 Å². The van der Waals surface area contributed by atoms with Crippen molar-refractivity contribution >= 4 is 5.78 Å². The summed E-state index contributed by atoms with van der Waals surface area (Å²) in [5.41, 5.74) is 9.04. The lowest BCUT2D eigenvalue weighted by Gasteiger charge is -2.11. The number of hydrogen-bond acceptors (Lipinski definition) is 3. The van der Waals surface area contributed by atoms with Crippen molar-refractivity contribution in [3.63, 3.8) is 0 Å². The minimum Gasteiger partial charge on any atom is -0.324 e. The van der Waals surface area contributed by atoms with Gasteiger partial charge in [0.25, 0.3) is 0 Å². The van der Waals surface area contributed by atoms with Crippen LogP contribution in [0.4, 0.5) is 0 Å². The third kappa shape index (κ3) is 3.54. The average Bonchev–Trinajstić information content (AvgIpc) is 2.80. The van der Waals surface area contributed by atoms with Gasteiger partial charge < -0.3 is 5.73 Å². The summed E-state index contributed by atoms with van der Waals surface area (Å²) in [7, 11) is 1.87. The van der Waals surface area contributed by atoms with E-state index in [-0.39, 0.29) is 11.8 Å². The third-order valence-electron chi connectivity index (χ3n) is 3.44. The molecule has 0 fully saturated rings. The lowest BCUT2D eigenvalue weighted by molar-refractivity contribution is -0.118. The summed E-state index contributed by atoms with van der Waals surface area (Å²) < 4.78 is 1.78. The fraction of sp³-hybridized carbons (Fsp3) is 0.375. The zero-order valence-corrected chi connectivity index (χ0v) is 12.0. The van der Waals surface area contributed by atoms with Gasteiger partial charge in [-0.15, -0.1) is 0 Å².